The Labute approximate surface area is 125 Å². The van der Waals surface area contributed by atoms with Crippen LogP contribution >= 0.6 is 0 Å². The number of carbonyl (C=O) groups excluding carboxylic acids is 1. The predicted molar refractivity (Wildman–Crippen MR) is 79.7 cm³/mol. The number of urea groups is 1. The first-order valence-electron chi connectivity index (χ1n) is 7.29. The van der Waals surface area contributed by atoms with Crippen molar-refractivity contribution in [1.82, 2.24) is 10.2 Å². The van der Waals surface area contributed by atoms with Crippen LogP contribution in [0.3, 0.4) is 0 Å². The number of hydrogen-bond acceptors (Lipinski definition) is 2. The lowest BCUT2D eigenvalue weighted by Gasteiger charge is -2.19. The lowest BCUT2D eigenvalue weighted by atomic mass is 9.97. The minimum absolute atomic E-state index is 0.180. The first-order chi connectivity index (χ1) is 9.97. The Morgan fingerprint density at radius 3 is 2.29 bits per heavy atom. The molecule has 1 aromatic carbocycles. The monoisotopic (exact) mass is 290 g/mol. The van der Waals surface area contributed by atoms with Gasteiger partial charge in [-0.25, -0.2) is 4.79 Å². The maximum Gasteiger partial charge on any atom is 0.318 e. The average Bonchev–Trinajstić information content (AvgIpc) is 2.86. The molecule has 0 aromatic heterocycles. The summed E-state index contributed by atoms with van der Waals surface area (Å²) in [5.74, 6) is -1.09. The van der Waals surface area contributed by atoms with E-state index in [9.17, 15) is 14.7 Å². The van der Waals surface area contributed by atoms with E-state index >= 15 is 0 Å². The van der Waals surface area contributed by atoms with Crippen LogP contribution in [0.15, 0.2) is 24.3 Å². The van der Waals surface area contributed by atoms with Crippen LogP contribution in [0.4, 0.5) is 4.79 Å². The van der Waals surface area contributed by atoms with Crippen molar-refractivity contribution >= 4 is 12.0 Å². The molecule has 0 fully saturated rings. The molecule has 2 rings (SSSR count). The predicted octanol–water partition coefficient (Wildman–Crippen LogP) is 2.46. The topological polar surface area (TPSA) is 69.6 Å². The van der Waals surface area contributed by atoms with Crippen molar-refractivity contribution in [3.8, 4) is 0 Å². The summed E-state index contributed by atoms with van der Waals surface area (Å²) in [6.45, 7) is 5.32. The number of amides is 2. The lowest BCUT2D eigenvalue weighted by Crippen LogP contribution is -2.40. The highest BCUT2D eigenvalue weighted by molar-refractivity contribution is 5.76. The first-order valence-corrected chi connectivity index (χ1v) is 7.29. The van der Waals surface area contributed by atoms with Gasteiger partial charge in [-0.15, -0.1) is 0 Å². The van der Waals surface area contributed by atoms with Crippen LogP contribution in [0.1, 0.15) is 31.4 Å². The second kappa shape index (κ2) is 6.61. The maximum atomic E-state index is 12.1. The van der Waals surface area contributed by atoms with Crippen molar-refractivity contribution in [2.45, 2.75) is 33.4 Å². The van der Waals surface area contributed by atoms with E-state index in [1.54, 1.807) is 4.90 Å². The molecule has 0 bridgehead atoms. The van der Waals surface area contributed by atoms with Crippen molar-refractivity contribution in [2.24, 2.45) is 11.8 Å². The van der Waals surface area contributed by atoms with Gasteiger partial charge < -0.3 is 15.3 Å². The van der Waals surface area contributed by atoms with E-state index in [0.717, 1.165) is 11.1 Å². The van der Waals surface area contributed by atoms with E-state index in [1.807, 2.05) is 38.1 Å². The normalized spacial score (nSPS) is 14.9. The molecule has 5 nitrogen and oxygen atoms in total. The van der Waals surface area contributed by atoms with Gasteiger partial charge in [-0.3, -0.25) is 4.79 Å². The molecule has 1 unspecified atom stereocenters. The first kappa shape index (κ1) is 15.4. The van der Waals surface area contributed by atoms with Crippen LogP contribution in [-0.2, 0) is 17.9 Å². The molecule has 114 valence electrons. The lowest BCUT2D eigenvalue weighted by molar-refractivity contribution is -0.142. The van der Waals surface area contributed by atoms with Crippen LogP contribution in [0.25, 0.3) is 0 Å². The molecule has 5 heteroatoms. The summed E-state index contributed by atoms with van der Waals surface area (Å²) in [6.07, 6.45) is 0.565. The van der Waals surface area contributed by atoms with Crippen LogP contribution in [0.2, 0.25) is 0 Å². The summed E-state index contributed by atoms with van der Waals surface area (Å²) in [7, 11) is 0. The van der Waals surface area contributed by atoms with E-state index < -0.39 is 11.9 Å². The molecule has 0 radical (unpaired) electrons. The molecule has 2 N–H and O–H groups in total. The zero-order valence-corrected chi connectivity index (χ0v) is 12.5. The Morgan fingerprint density at radius 1 is 1.24 bits per heavy atom. The third kappa shape index (κ3) is 3.97. The summed E-state index contributed by atoms with van der Waals surface area (Å²) in [4.78, 5) is 25.0. The van der Waals surface area contributed by atoms with E-state index in [4.69, 9.17) is 0 Å². The Kier molecular flexibility index (Phi) is 4.83. The van der Waals surface area contributed by atoms with E-state index in [1.165, 1.54) is 0 Å². The summed E-state index contributed by atoms with van der Waals surface area (Å²) >= 11 is 0. The number of aliphatic carboxylic acids is 1. The Balaban J connectivity index is 1.87. The molecule has 0 aliphatic carbocycles. The summed E-state index contributed by atoms with van der Waals surface area (Å²) in [5.41, 5.74) is 2.31. The smallest absolute Gasteiger partial charge is 0.318 e. The zero-order chi connectivity index (χ0) is 15.4. The van der Waals surface area contributed by atoms with Crippen molar-refractivity contribution < 1.29 is 14.7 Å². The fraction of sp³-hybridized carbons (Fsp3) is 0.500. The van der Waals surface area contributed by atoms with Crippen molar-refractivity contribution in [3.63, 3.8) is 0 Å². The zero-order valence-electron chi connectivity index (χ0n) is 12.5. The molecular formula is C16H22N2O3. The van der Waals surface area contributed by atoms with Gasteiger partial charge in [0.25, 0.3) is 0 Å². The van der Waals surface area contributed by atoms with Gasteiger partial charge in [0.15, 0.2) is 0 Å². The molecule has 1 aromatic rings. The summed E-state index contributed by atoms with van der Waals surface area (Å²) in [5, 5.41) is 11.9. The molecule has 2 amide bonds. The molecule has 0 saturated carbocycles. The molecule has 1 atom stereocenters. The number of nitrogens with one attached hydrogen (secondary N) is 1. The number of fused-ring (bicyclic) bond motifs is 1. The van der Waals surface area contributed by atoms with Crippen LogP contribution < -0.4 is 5.32 Å². The van der Waals surface area contributed by atoms with Gasteiger partial charge in [-0.2, -0.15) is 0 Å². The number of benzene rings is 1. The quantitative estimate of drug-likeness (QED) is 0.875. The SMILES string of the molecule is CC(C)CC(CNC(=O)N1Cc2ccccc2C1)C(=O)O. The highest BCUT2D eigenvalue weighted by atomic mass is 16.4. The number of hydrogen-bond donors (Lipinski definition) is 2. The van der Waals surface area contributed by atoms with Gasteiger partial charge in [-0.05, 0) is 23.5 Å². The minimum Gasteiger partial charge on any atom is -0.481 e. The van der Waals surface area contributed by atoms with E-state index in [2.05, 4.69) is 5.32 Å². The van der Waals surface area contributed by atoms with Crippen LogP contribution in [-0.4, -0.2) is 28.6 Å². The van der Waals surface area contributed by atoms with Crippen molar-refractivity contribution in [1.29, 1.82) is 0 Å². The molecule has 1 heterocycles. The fourth-order valence-corrected chi connectivity index (χ4v) is 2.64. The Morgan fingerprint density at radius 2 is 1.81 bits per heavy atom. The fourth-order valence-electron chi connectivity index (χ4n) is 2.64. The minimum atomic E-state index is -0.853. The number of carboxylic acid groups (broad SMARTS) is 1. The third-order valence-electron chi connectivity index (χ3n) is 3.73. The maximum absolute atomic E-state index is 12.1. The van der Waals surface area contributed by atoms with E-state index in [-0.39, 0.29) is 12.6 Å². The number of carboxylic acids is 1. The number of rotatable bonds is 5. The summed E-state index contributed by atoms with van der Waals surface area (Å²) in [6, 6.07) is 7.76. The van der Waals surface area contributed by atoms with Crippen LogP contribution in [0, 0.1) is 11.8 Å². The number of nitrogens with zero attached hydrogens (tertiary/aromatic N) is 1. The molecule has 0 saturated heterocycles. The molecule has 0 spiro atoms. The highest BCUT2D eigenvalue weighted by Gasteiger charge is 2.25. The molecular weight excluding hydrogens is 268 g/mol. The Bertz CT molecular complexity index is 503. The molecule has 1 aliphatic heterocycles. The van der Waals surface area contributed by atoms with Crippen molar-refractivity contribution in [2.75, 3.05) is 6.54 Å². The molecule has 21 heavy (non-hydrogen) atoms. The third-order valence-corrected chi connectivity index (χ3v) is 3.73. The average molecular weight is 290 g/mol. The van der Waals surface area contributed by atoms with Gasteiger partial charge in [0.05, 0.1) is 5.92 Å². The van der Waals surface area contributed by atoms with E-state index in [0.29, 0.717) is 25.4 Å². The molecule has 1 aliphatic rings. The van der Waals surface area contributed by atoms with Gasteiger partial charge in [-0.1, -0.05) is 38.1 Å². The van der Waals surface area contributed by atoms with Crippen molar-refractivity contribution in [3.05, 3.63) is 35.4 Å². The van der Waals surface area contributed by atoms with Gasteiger partial charge >= 0.3 is 12.0 Å². The van der Waals surface area contributed by atoms with Crippen LogP contribution in [0.5, 0.6) is 0 Å². The summed E-state index contributed by atoms with van der Waals surface area (Å²) < 4.78 is 0. The highest BCUT2D eigenvalue weighted by Crippen LogP contribution is 2.22. The van der Waals surface area contributed by atoms with Gasteiger partial charge in [0.1, 0.15) is 0 Å². The van der Waals surface area contributed by atoms with Gasteiger partial charge in [0.2, 0.25) is 0 Å². The second-order valence-electron chi connectivity index (χ2n) is 5.98. The Hall–Kier alpha value is -2.04. The standard InChI is InChI=1S/C16H22N2O3/c1-11(2)7-14(15(19)20)8-17-16(21)18-9-12-5-3-4-6-13(12)10-18/h3-6,11,14H,7-10H2,1-2H3,(H,17,21)(H,19,20). The largest absolute Gasteiger partial charge is 0.481 e. The van der Waals surface area contributed by atoms with Gasteiger partial charge in [0, 0.05) is 19.6 Å². The number of carbonyl (C=O) groups is 2. The second-order valence-corrected chi connectivity index (χ2v) is 5.98.